The topological polar surface area (TPSA) is 83.7 Å². The third-order valence-electron chi connectivity index (χ3n) is 3.76. The summed E-state index contributed by atoms with van der Waals surface area (Å²) in [6, 6.07) is 7.97. The molecule has 6 nitrogen and oxygen atoms in total. The lowest BCUT2D eigenvalue weighted by Crippen LogP contribution is -2.43. The van der Waals surface area contributed by atoms with Crippen molar-refractivity contribution in [3.8, 4) is 0 Å². The minimum Gasteiger partial charge on any atom is -0.469 e. The van der Waals surface area contributed by atoms with Crippen molar-refractivity contribution in [1.82, 2.24) is 10.6 Å². The Balaban J connectivity index is 1.85. The third-order valence-corrected chi connectivity index (χ3v) is 5.67. The number of hydrogen-bond donors (Lipinski definition) is 2. The van der Waals surface area contributed by atoms with Gasteiger partial charge in [0.05, 0.1) is 12.0 Å². The molecule has 2 heterocycles. The molecule has 0 aliphatic carbocycles. The quantitative estimate of drug-likeness (QED) is 0.475. The first kappa shape index (κ1) is 20.5. The van der Waals surface area contributed by atoms with Crippen molar-refractivity contribution < 1.29 is 12.8 Å². The molecule has 2 rings (SSSR count). The Hall–Kier alpha value is -1.80. The van der Waals surface area contributed by atoms with Gasteiger partial charge in [0.25, 0.3) is 0 Å². The summed E-state index contributed by atoms with van der Waals surface area (Å²) in [5.41, 5.74) is 0. The molecule has 0 bridgehead atoms. The highest BCUT2D eigenvalue weighted by Crippen LogP contribution is 2.08. The summed E-state index contributed by atoms with van der Waals surface area (Å²) >= 11 is 1.73. The number of aliphatic imine (C=N–C) groups is 1. The van der Waals surface area contributed by atoms with E-state index in [9.17, 15) is 8.42 Å². The molecule has 26 heavy (non-hydrogen) atoms. The van der Waals surface area contributed by atoms with Gasteiger partial charge in [-0.1, -0.05) is 6.07 Å². The Kier molecular flexibility index (Phi) is 8.18. The minimum absolute atomic E-state index is 0.0151. The summed E-state index contributed by atoms with van der Waals surface area (Å²) in [4.78, 5) is 5.92. The second kappa shape index (κ2) is 10.4. The maximum absolute atomic E-state index is 11.3. The first-order valence-corrected chi connectivity index (χ1v) is 11.6. The maximum atomic E-state index is 11.3. The zero-order valence-electron chi connectivity index (χ0n) is 15.3. The van der Waals surface area contributed by atoms with Crippen LogP contribution in [0.3, 0.4) is 0 Å². The molecule has 144 valence electrons. The molecule has 0 spiro atoms. The van der Waals surface area contributed by atoms with Crippen LogP contribution in [0, 0.1) is 0 Å². The van der Waals surface area contributed by atoms with Crippen LogP contribution < -0.4 is 10.6 Å². The van der Waals surface area contributed by atoms with E-state index >= 15 is 0 Å². The highest BCUT2D eigenvalue weighted by atomic mass is 32.2. The van der Waals surface area contributed by atoms with Crippen molar-refractivity contribution in [3.05, 3.63) is 46.5 Å². The molecule has 8 heteroatoms. The second-order valence-corrected chi connectivity index (χ2v) is 9.57. The number of guanidine groups is 1. The lowest BCUT2D eigenvalue weighted by atomic mass is 10.2. The maximum Gasteiger partial charge on any atom is 0.191 e. The molecular weight excluding hydrogens is 370 g/mol. The van der Waals surface area contributed by atoms with E-state index < -0.39 is 9.84 Å². The lowest BCUT2D eigenvalue weighted by molar-refractivity contribution is 0.506. The molecule has 0 aliphatic heterocycles. The fourth-order valence-corrected chi connectivity index (χ4v) is 3.82. The van der Waals surface area contributed by atoms with Crippen molar-refractivity contribution in [3.63, 3.8) is 0 Å². The van der Waals surface area contributed by atoms with Crippen molar-refractivity contribution in [2.24, 2.45) is 4.99 Å². The van der Waals surface area contributed by atoms with Crippen LogP contribution in [0.15, 0.2) is 45.3 Å². The van der Waals surface area contributed by atoms with Crippen molar-refractivity contribution in [2.45, 2.75) is 32.2 Å². The first-order chi connectivity index (χ1) is 12.4. The molecule has 0 aromatic carbocycles. The Labute approximate surface area is 159 Å². The smallest absolute Gasteiger partial charge is 0.191 e. The van der Waals surface area contributed by atoms with Gasteiger partial charge < -0.3 is 15.1 Å². The minimum atomic E-state index is -2.96. The van der Waals surface area contributed by atoms with Crippen LogP contribution in [-0.4, -0.2) is 45.5 Å². The molecule has 2 aromatic rings. The number of hydrogen-bond acceptors (Lipinski definition) is 5. The summed E-state index contributed by atoms with van der Waals surface area (Å²) in [5.74, 6) is 1.78. The molecule has 1 atom stereocenters. The van der Waals surface area contributed by atoms with E-state index in [1.807, 2.05) is 25.1 Å². The highest BCUT2D eigenvalue weighted by molar-refractivity contribution is 7.90. The van der Waals surface area contributed by atoms with Gasteiger partial charge in [-0.3, -0.25) is 4.99 Å². The largest absolute Gasteiger partial charge is 0.469 e. The average Bonchev–Trinajstić information content (AvgIpc) is 3.26. The lowest BCUT2D eigenvalue weighted by Gasteiger charge is -2.18. The van der Waals surface area contributed by atoms with Crippen LogP contribution in [0.5, 0.6) is 0 Å². The van der Waals surface area contributed by atoms with Gasteiger partial charge in [0.15, 0.2) is 5.96 Å². The van der Waals surface area contributed by atoms with Gasteiger partial charge in [-0.05, 0) is 36.9 Å². The van der Waals surface area contributed by atoms with E-state index in [1.165, 1.54) is 11.1 Å². The number of furan rings is 1. The molecule has 2 aromatic heterocycles. The van der Waals surface area contributed by atoms with Gasteiger partial charge in [0.2, 0.25) is 0 Å². The van der Waals surface area contributed by atoms with Gasteiger partial charge in [-0.25, -0.2) is 8.42 Å². The van der Waals surface area contributed by atoms with Crippen LogP contribution >= 0.6 is 11.3 Å². The fraction of sp³-hybridized carbons (Fsp3) is 0.500. The monoisotopic (exact) mass is 397 g/mol. The summed E-state index contributed by atoms with van der Waals surface area (Å²) < 4.78 is 28.0. The summed E-state index contributed by atoms with van der Waals surface area (Å²) in [7, 11) is -2.96. The van der Waals surface area contributed by atoms with E-state index in [0.717, 1.165) is 18.6 Å². The van der Waals surface area contributed by atoms with Crippen molar-refractivity contribution in [2.75, 3.05) is 25.1 Å². The number of nitrogens with zero attached hydrogens (tertiary/aromatic N) is 1. The number of nitrogens with one attached hydrogen (secondary N) is 2. The third kappa shape index (κ3) is 8.53. The van der Waals surface area contributed by atoms with Crippen LogP contribution in [0.4, 0.5) is 0 Å². The Morgan fingerprint density at radius 3 is 2.81 bits per heavy atom. The Morgan fingerprint density at radius 2 is 2.15 bits per heavy atom. The fourth-order valence-electron chi connectivity index (χ4n) is 2.34. The highest BCUT2D eigenvalue weighted by Gasteiger charge is 2.10. The van der Waals surface area contributed by atoms with Gasteiger partial charge >= 0.3 is 0 Å². The molecule has 0 saturated carbocycles. The SMILES string of the molecule is CC(CCS(C)(=O)=O)NC(=NCCc1cccs1)NCCc1ccco1. The average molecular weight is 398 g/mol. The first-order valence-electron chi connectivity index (χ1n) is 8.70. The summed E-state index contributed by atoms with van der Waals surface area (Å²) in [6.07, 6.45) is 5.12. The zero-order chi connectivity index (χ0) is 18.8. The molecule has 0 amide bonds. The van der Waals surface area contributed by atoms with Crippen LogP contribution in [0.1, 0.15) is 24.0 Å². The van der Waals surface area contributed by atoms with Crippen molar-refractivity contribution in [1.29, 1.82) is 0 Å². The van der Waals surface area contributed by atoms with Crippen LogP contribution in [-0.2, 0) is 22.7 Å². The van der Waals surface area contributed by atoms with Gasteiger partial charge in [-0.2, -0.15) is 0 Å². The van der Waals surface area contributed by atoms with Crippen LogP contribution in [0.25, 0.3) is 0 Å². The molecule has 0 saturated heterocycles. The zero-order valence-corrected chi connectivity index (χ0v) is 16.9. The standard InChI is InChI=1S/C18H27N3O3S2/c1-15(9-14-26(2,22)23)21-18(19-10-7-16-5-3-12-24-16)20-11-8-17-6-4-13-25-17/h3-6,12-13,15H,7-11,14H2,1-2H3,(H2,19,20,21). The van der Waals surface area contributed by atoms with Gasteiger partial charge in [-0.15, -0.1) is 11.3 Å². The van der Waals surface area contributed by atoms with Crippen molar-refractivity contribution >= 4 is 27.1 Å². The predicted molar refractivity (Wildman–Crippen MR) is 108 cm³/mol. The van der Waals surface area contributed by atoms with E-state index in [0.29, 0.717) is 25.5 Å². The Morgan fingerprint density at radius 1 is 1.31 bits per heavy atom. The molecule has 0 aliphatic rings. The molecule has 0 radical (unpaired) electrons. The van der Waals surface area contributed by atoms with E-state index in [4.69, 9.17) is 4.42 Å². The van der Waals surface area contributed by atoms with E-state index in [1.54, 1.807) is 17.6 Å². The Bertz CT molecular complexity index is 754. The summed E-state index contributed by atoms with van der Waals surface area (Å²) in [6.45, 7) is 3.33. The number of rotatable bonds is 10. The summed E-state index contributed by atoms with van der Waals surface area (Å²) in [5, 5.41) is 8.66. The molecule has 2 N–H and O–H groups in total. The van der Waals surface area contributed by atoms with Gasteiger partial charge in [0.1, 0.15) is 15.6 Å². The molecule has 1 unspecified atom stereocenters. The normalized spacial score (nSPS) is 13.5. The second-order valence-electron chi connectivity index (χ2n) is 6.28. The van der Waals surface area contributed by atoms with E-state index in [-0.39, 0.29) is 11.8 Å². The molecular formula is C18H27N3O3S2. The van der Waals surface area contributed by atoms with E-state index in [2.05, 4.69) is 27.1 Å². The number of thiophene rings is 1. The van der Waals surface area contributed by atoms with Crippen LogP contribution in [0.2, 0.25) is 0 Å². The molecule has 0 fully saturated rings. The predicted octanol–water partition coefficient (Wildman–Crippen LogP) is 2.48. The number of sulfone groups is 1. The van der Waals surface area contributed by atoms with Gasteiger partial charge in [0, 0.05) is 43.1 Å².